The smallest absolute Gasteiger partial charge is 0.0945 e. The number of aryl methyl sites for hydroxylation is 1. The van der Waals surface area contributed by atoms with Crippen LogP contribution in [0.4, 0.5) is 0 Å². The van der Waals surface area contributed by atoms with Crippen molar-refractivity contribution < 1.29 is 0 Å². The highest BCUT2D eigenvalue weighted by molar-refractivity contribution is 6.21. The van der Waals surface area contributed by atoms with Gasteiger partial charge < -0.3 is 9.47 Å². The van der Waals surface area contributed by atoms with Gasteiger partial charge in [-0.25, -0.2) is 4.98 Å². The number of rotatable bonds is 6. The standard InChI is InChI=1S/C12H20ClN3/c1-15(9-11-7-12(13)8-11)4-2-5-16-6-3-14-10-16/h3,6,10-12H,2,4-5,7-9H2,1H3. The van der Waals surface area contributed by atoms with Crippen LogP contribution in [0, 0.1) is 5.92 Å². The Morgan fingerprint density at radius 2 is 2.31 bits per heavy atom. The third-order valence-corrected chi connectivity index (χ3v) is 3.62. The summed E-state index contributed by atoms with van der Waals surface area (Å²) in [6.07, 6.45) is 9.32. The molecular weight excluding hydrogens is 222 g/mol. The van der Waals surface area contributed by atoms with E-state index in [-0.39, 0.29) is 0 Å². The molecule has 1 aromatic heterocycles. The van der Waals surface area contributed by atoms with Gasteiger partial charge in [0.15, 0.2) is 0 Å². The molecule has 0 atom stereocenters. The second-order valence-electron chi connectivity index (χ2n) is 4.85. The molecule has 3 nitrogen and oxygen atoms in total. The minimum atomic E-state index is 0.448. The number of halogens is 1. The van der Waals surface area contributed by atoms with Crippen molar-refractivity contribution in [3.05, 3.63) is 18.7 Å². The molecule has 0 aliphatic heterocycles. The van der Waals surface area contributed by atoms with Crippen LogP contribution in [0.3, 0.4) is 0 Å². The molecule has 0 amide bonds. The van der Waals surface area contributed by atoms with Gasteiger partial charge in [-0.15, -0.1) is 11.6 Å². The zero-order chi connectivity index (χ0) is 11.4. The maximum Gasteiger partial charge on any atom is 0.0945 e. The average Bonchev–Trinajstić information content (AvgIpc) is 2.68. The van der Waals surface area contributed by atoms with Gasteiger partial charge in [0.1, 0.15) is 0 Å². The zero-order valence-electron chi connectivity index (χ0n) is 9.85. The average molecular weight is 242 g/mol. The fourth-order valence-corrected chi connectivity index (χ4v) is 2.78. The van der Waals surface area contributed by atoms with Gasteiger partial charge in [-0.1, -0.05) is 0 Å². The summed E-state index contributed by atoms with van der Waals surface area (Å²) < 4.78 is 2.13. The Hall–Kier alpha value is -0.540. The van der Waals surface area contributed by atoms with E-state index >= 15 is 0 Å². The number of imidazole rings is 1. The van der Waals surface area contributed by atoms with Gasteiger partial charge in [-0.05, 0) is 38.8 Å². The summed E-state index contributed by atoms with van der Waals surface area (Å²) in [4.78, 5) is 6.45. The van der Waals surface area contributed by atoms with E-state index in [1.54, 1.807) is 0 Å². The lowest BCUT2D eigenvalue weighted by atomic mass is 9.84. The van der Waals surface area contributed by atoms with E-state index in [1.165, 1.54) is 25.8 Å². The van der Waals surface area contributed by atoms with Gasteiger partial charge in [0.25, 0.3) is 0 Å². The van der Waals surface area contributed by atoms with Crippen molar-refractivity contribution in [1.29, 1.82) is 0 Å². The Bertz CT molecular complexity index is 293. The number of nitrogens with zero attached hydrogens (tertiary/aromatic N) is 3. The van der Waals surface area contributed by atoms with Gasteiger partial charge in [-0.3, -0.25) is 0 Å². The van der Waals surface area contributed by atoms with Crippen LogP contribution < -0.4 is 0 Å². The summed E-state index contributed by atoms with van der Waals surface area (Å²) in [5, 5.41) is 0.448. The summed E-state index contributed by atoms with van der Waals surface area (Å²) in [6, 6.07) is 0. The van der Waals surface area contributed by atoms with Gasteiger partial charge in [0, 0.05) is 30.9 Å². The molecule has 1 heterocycles. The summed E-state index contributed by atoms with van der Waals surface area (Å²) in [5.41, 5.74) is 0. The molecule has 0 radical (unpaired) electrons. The van der Waals surface area contributed by atoms with Gasteiger partial charge >= 0.3 is 0 Å². The first-order valence-corrected chi connectivity index (χ1v) is 6.46. The van der Waals surface area contributed by atoms with Crippen LogP contribution in [0.5, 0.6) is 0 Å². The molecule has 0 aromatic carbocycles. The van der Waals surface area contributed by atoms with Crippen molar-refractivity contribution in [3.63, 3.8) is 0 Å². The Balaban J connectivity index is 1.55. The van der Waals surface area contributed by atoms with Crippen LogP contribution in [0.25, 0.3) is 0 Å². The number of aromatic nitrogens is 2. The molecule has 1 aliphatic carbocycles. The van der Waals surface area contributed by atoms with E-state index in [0.29, 0.717) is 5.38 Å². The molecule has 4 heteroatoms. The minimum absolute atomic E-state index is 0.448. The molecule has 2 rings (SSSR count). The molecule has 1 aromatic rings. The van der Waals surface area contributed by atoms with Gasteiger partial charge in [0.2, 0.25) is 0 Å². The Morgan fingerprint density at radius 3 is 2.94 bits per heavy atom. The van der Waals surface area contributed by atoms with Crippen molar-refractivity contribution in [2.75, 3.05) is 20.1 Å². The Morgan fingerprint density at radius 1 is 1.50 bits per heavy atom. The van der Waals surface area contributed by atoms with E-state index in [1.807, 2.05) is 18.7 Å². The fraction of sp³-hybridized carbons (Fsp3) is 0.750. The highest BCUT2D eigenvalue weighted by atomic mass is 35.5. The quantitative estimate of drug-likeness (QED) is 0.713. The second-order valence-corrected chi connectivity index (χ2v) is 5.47. The first kappa shape index (κ1) is 11.9. The zero-order valence-corrected chi connectivity index (χ0v) is 10.6. The third-order valence-electron chi connectivity index (χ3n) is 3.26. The normalized spacial score (nSPS) is 24.7. The van der Waals surface area contributed by atoms with E-state index in [0.717, 1.165) is 19.0 Å². The van der Waals surface area contributed by atoms with Crippen molar-refractivity contribution in [2.24, 2.45) is 5.92 Å². The van der Waals surface area contributed by atoms with Crippen molar-refractivity contribution in [1.82, 2.24) is 14.5 Å². The SMILES string of the molecule is CN(CCCn1ccnc1)CC1CC(Cl)C1. The molecule has 16 heavy (non-hydrogen) atoms. The van der Waals surface area contributed by atoms with E-state index in [2.05, 4.69) is 21.5 Å². The minimum Gasteiger partial charge on any atom is -0.337 e. The summed E-state index contributed by atoms with van der Waals surface area (Å²) in [5.74, 6) is 0.834. The van der Waals surface area contributed by atoms with E-state index < -0.39 is 0 Å². The lowest BCUT2D eigenvalue weighted by molar-refractivity contribution is 0.206. The molecule has 0 spiro atoms. The molecular formula is C12H20ClN3. The second kappa shape index (κ2) is 5.69. The maximum atomic E-state index is 5.97. The molecule has 0 unspecified atom stereocenters. The predicted octanol–water partition coefficient (Wildman–Crippen LogP) is 2.22. The van der Waals surface area contributed by atoms with Gasteiger partial charge in [0.05, 0.1) is 6.33 Å². The highest BCUT2D eigenvalue weighted by Gasteiger charge is 2.27. The first-order valence-electron chi connectivity index (χ1n) is 6.02. The van der Waals surface area contributed by atoms with E-state index in [9.17, 15) is 0 Å². The summed E-state index contributed by atoms with van der Waals surface area (Å²) in [6.45, 7) is 3.42. The van der Waals surface area contributed by atoms with Crippen molar-refractivity contribution in [3.8, 4) is 0 Å². The van der Waals surface area contributed by atoms with Crippen LogP contribution in [0.2, 0.25) is 0 Å². The lowest BCUT2D eigenvalue weighted by Gasteiger charge is -2.34. The van der Waals surface area contributed by atoms with Crippen LogP contribution in [-0.4, -0.2) is 40.0 Å². The lowest BCUT2D eigenvalue weighted by Crippen LogP contribution is -2.35. The highest BCUT2D eigenvalue weighted by Crippen LogP contribution is 2.32. The van der Waals surface area contributed by atoms with Crippen LogP contribution in [0.1, 0.15) is 19.3 Å². The summed E-state index contributed by atoms with van der Waals surface area (Å²) in [7, 11) is 2.20. The molecule has 0 saturated heterocycles. The largest absolute Gasteiger partial charge is 0.337 e. The maximum absolute atomic E-state index is 5.97. The molecule has 1 saturated carbocycles. The van der Waals surface area contributed by atoms with Crippen LogP contribution >= 0.6 is 11.6 Å². The van der Waals surface area contributed by atoms with Crippen molar-refractivity contribution in [2.45, 2.75) is 31.2 Å². The third kappa shape index (κ3) is 3.49. The Labute approximate surface area is 102 Å². The molecule has 1 aliphatic rings. The predicted molar refractivity (Wildman–Crippen MR) is 66.7 cm³/mol. The van der Waals surface area contributed by atoms with Crippen molar-refractivity contribution >= 4 is 11.6 Å². The monoisotopic (exact) mass is 241 g/mol. The fourth-order valence-electron chi connectivity index (χ4n) is 2.28. The topological polar surface area (TPSA) is 21.1 Å². The van der Waals surface area contributed by atoms with Crippen LogP contribution in [-0.2, 0) is 6.54 Å². The van der Waals surface area contributed by atoms with Gasteiger partial charge in [-0.2, -0.15) is 0 Å². The molecule has 0 bridgehead atoms. The molecule has 90 valence electrons. The number of alkyl halides is 1. The molecule has 1 fully saturated rings. The number of hydrogen-bond acceptors (Lipinski definition) is 2. The van der Waals surface area contributed by atoms with E-state index in [4.69, 9.17) is 11.6 Å². The first-order chi connectivity index (χ1) is 7.74. The number of hydrogen-bond donors (Lipinski definition) is 0. The Kier molecular flexibility index (Phi) is 4.24. The summed E-state index contributed by atoms with van der Waals surface area (Å²) >= 11 is 5.97. The van der Waals surface area contributed by atoms with Crippen LogP contribution in [0.15, 0.2) is 18.7 Å². The molecule has 0 N–H and O–H groups in total.